The van der Waals surface area contributed by atoms with E-state index in [4.69, 9.17) is 0 Å². The van der Waals surface area contributed by atoms with Crippen LogP contribution in [0.15, 0.2) is 77.7 Å². The summed E-state index contributed by atoms with van der Waals surface area (Å²) in [6, 6.07) is 19.0. The Labute approximate surface area is 192 Å². The van der Waals surface area contributed by atoms with Crippen LogP contribution in [0.25, 0.3) is 0 Å². The van der Waals surface area contributed by atoms with Gasteiger partial charge in [0.1, 0.15) is 5.82 Å². The van der Waals surface area contributed by atoms with Crippen molar-refractivity contribution in [2.24, 2.45) is 0 Å². The lowest BCUT2D eigenvalue weighted by molar-refractivity contribution is 0.0951. The van der Waals surface area contributed by atoms with E-state index in [0.29, 0.717) is 35.6 Å². The summed E-state index contributed by atoms with van der Waals surface area (Å²) in [5, 5.41) is 6.03. The minimum absolute atomic E-state index is 0.136. The number of carbonyl (C=O) groups is 1. The first-order valence-electron chi connectivity index (χ1n) is 10.6. The van der Waals surface area contributed by atoms with Crippen LogP contribution in [0.1, 0.15) is 15.9 Å². The van der Waals surface area contributed by atoms with Gasteiger partial charge in [0.25, 0.3) is 15.9 Å². The molecule has 1 heterocycles. The molecule has 1 saturated heterocycles. The van der Waals surface area contributed by atoms with Gasteiger partial charge in [0.05, 0.1) is 16.3 Å². The molecule has 172 valence electrons. The maximum atomic E-state index is 13.4. The van der Waals surface area contributed by atoms with Crippen LogP contribution in [0.3, 0.4) is 0 Å². The molecule has 3 aromatic carbocycles. The third-order valence-corrected chi connectivity index (χ3v) is 6.74. The van der Waals surface area contributed by atoms with E-state index in [1.54, 1.807) is 48.5 Å². The lowest BCUT2D eigenvalue weighted by Crippen LogP contribution is -2.43. The summed E-state index contributed by atoms with van der Waals surface area (Å²) in [6.07, 6.45) is 0. The number of hydrogen-bond acceptors (Lipinski definition) is 5. The van der Waals surface area contributed by atoms with Crippen molar-refractivity contribution in [3.8, 4) is 0 Å². The van der Waals surface area contributed by atoms with E-state index in [1.807, 2.05) is 0 Å². The minimum atomic E-state index is -3.84. The number of amides is 1. The zero-order valence-electron chi connectivity index (χ0n) is 17.9. The number of halogens is 1. The number of anilines is 2. The molecule has 0 radical (unpaired) electrons. The lowest BCUT2D eigenvalue weighted by Gasteiger charge is -2.31. The van der Waals surface area contributed by atoms with Crippen molar-refractivity contribution in [1.29, 1.82) is 0 Å². The summed E-state index contributed by atoms with van der Waals surface area (Å²) in [5.41, 5.74) is 1.97. The highest BCUT2D eigenvalue weighted by Crippen LogP contribution is 2.30. The smallest absolute Gasteiger partial charge is 0.261 e. The molecule has 1 fully saturated rings. The van der Waals surface area contributed by atoms with E-state index < -0.39 is 10.0 Å². The van der Waals surface area contributed by atoms with Crippen LogP contribution in [-0.2, 0) is 16.6 Å². The molecule has 1 aliphatic heterocycles. The Balaban J connectivity index is 1.60. The van der Waals surface area contributed by atoms with Crippen LogP contribution < -0.4 is 20.3 Å². The van der Waals surface area contributed by atoms with Gasteiger partial charge >= 0.3 is 0 Å². The van der Waals surface area contributed by atoms with E-state index >= 15 is 0 Å². The van der Waals surface area contributed by atoms with Crippen molar-refractivity contribution < 1.29 is 17.6 Å². The standard InChI is InChI=1S/C24H25FN4O3S/c25-20-6-4-5-18(15-20)17-27-24(30)19-9-10-23(29-13-11-26-12-14-29)22(16-19)28-33(31,32)21-7-2-1-3-8-21/h1-10,15-16,26,28H,11-14,17H2,(H,27,30). The summed E-state index contributed by atoms with van der Waals surface area (Å²) in [5.74, 6) is -0.758. The van der Waals surface area contributed by atoms with Crippen molar-refractivity contribution in [1.82, 2.24) is 10.6 Å². The number of carbonyl (C=O) groups excluding carboxylic acids is 1. The fraction of sp³-hybridized carbons (Fsp3) is 0.208. The Morgan fingerprint density at radius 1 is 0.970 bits per heavy atom. The topological polar surface area (TPSA) is 90.5 Å². The molecule has 1 aliphatic rings. The van der Waals surface area contributed by atoms with E-state index in [0.717, 1.165) is 13.1 Å². The van der Waals surface area contributed by atoms with Crippen LogP contribution in [0, 0.1) is 5.82 Å². The summed E-state index contributed by atoms with van der Waals surface area (Å²) in [7, 11) is -3.84. The first-order valence-corrected chi connectivity index (χ1v) is 12.1. The van der Waals surface area contributed by atoms with Gasteiger partial charge in [-0.25, -0.2) is 12.8 Å². The first kappa shape index (κ1) is 22.8. The van der Waals surface area contributed by atoms with Crippen LogP contribution in [-0.4, -0.2) is 40.5 Å². The Morgan fingerprint density at radius 3 is 2.45 bits per heavy atom. The SMILES string of the molecule is O=C(NCc1cccc(F)c1)c1ccc(N2CCNCC2)c(NS(=O)(=O)c2ccccc2)c1. The summed E-state index contributed by atoms with van der Waals surface area (Å²) in [4.78, 5) is 15.0. The number of nitrogens with zero attached hydrogens (tertiary/aromatic N) is 1. The molecule has 33 heavy (non-hydrogen) atoms. The molecule has 7 nitrogen and oxygen atoms in total. The molecule has 0 saturated carbocycles. The second kappa shape index (κ2) is 10.0. The molecular formula is C24H25FN4O3S. The second-order valence-electron chi connectivity index (χ2n) is 7.70. The minimum Gasteiger partial charge on any atom is -0.367 e. The Hall–Kier alpha value is -3.43. The monoisotopic (exact) mass is 468 g/mol. The lowest BCUT2D eigenvalue weighted by atomic mass is 10.1. The van der Waals surface area contributed by atoms with Crippen molar-refractivity contribution in [2.75, 3.05) is 35.8 Å². The molecule has 9 heteroatoms. The number of sulfonamides is 1. The molecule has 0 aliphatic carbocycles. The highest BCUT2D eigenvalue weighted by atomic mass is 32.2. The third kappa shape index (κ3) is 5.68. The van der Waals surface area contributed by atoms with Crippen molar-refractivity contribution in [2.45, 2.75) is 11.4 Å². The molecule has 3 N–H and O–H groups in total. The Bertz CT molecular complexity index is 1230. The number of piperazine rings is 1. The molecule has 0 spiro atoms. The predicted octanol–water partition coefficient (Wildman–Crippen LogP) is 2.97. The van der Waals surface area contributed by atoms with Gasteiger partial charge in [-0.05, 0) is 48.0 Å². The van der Waals surface area contributed by atoms with Crippen LogP contribution >= 0.6 is 0 Å². The summed E-state index contributed by atoms with van der Waals surface area (Å²) < 4.78 is 42.0. The molecular weight excluding hydrogens is 443 g/mol. The van der Waals surface area contributed by atoms with Crippen LogP contribution in [0.2, 0.25) is 0 Å². The number of benzene rings is 3. The predicted molar refractivity (Wildman–Crippen MR) is 126 cm³/mol. The van der Waals surface area contributed by atoms with E-state index in [-0.39, 0.29) is 23.2 Å². The second-order valence-corrected chi connectivity index (χ2v) is 9.38. The highest BCUT2D eigenvalue weighted by Gasteiger charge is 2.21. The molecule has 0 atom stereocenters. The number of hydrogen-bond donors (Lipinski definition) is 3. The molecule has 4 rings (SSSR count). The Kier molecular flexibility index (Phi) is 6.90. The van der Waals surface area contributed by atoms with Gasteiger partial charge in [-0.15, -0.1) is 0 Å². The zero-order chi connectivity index (χ0) is 23.3. The highest BCUT2D eigenvalue weighted by molar-refractivity contribution is 7.92. The Morgan fingerprint density at radius 2 is 1.73 bits per heavy atom. The van der Waals surface area contributed by atoms with Gasteiger partial charge in [0.2, 0.25) is 0 Å². The maximum Gasteiger partial charge on any atom is 0.261 e. The molecule has 0 bridgehead atoms. The van der Waals surface area contributed by atoms with Gasteiger partial charge in [-0.3, -0.25) is 9.52 Å². The zero-order valence-corrected chi connectivity index (χ0v) is 18.7. The van der Waals surface area contributed by atoms with Crippen molar-refractivity contribution in [3.63, 3.8) is 0 Å². The van der Waals surface area contributed by atoms with E-state index in [2.05, 4.69) is 20.3 Å². The third-order valence-electron chi connectivity index (χ3n) is 5.36. The van der Waals surface area contributed by atoms with Crippen molar-refractivity contribution in [3.05, 3.63) is 89.7 Å². The average Bonchev–Trinajstić information content (AvgIpc) is 2.83. The average molecular weight is 469 g/mol. The molecule has 0 unspecified atom stereocenters. The molecule has 0 aromatic heterocycles. The van der Waals surface area contributed by atoms with E-state index in [9.17, 15) is 17.6 Å². The van der Waals surface area contributed by atoms with Gasteiger partial charge in [-0.1, -0.05) is 30.3 Å². The quantitative estimate of drug-likeness (QED) is 0.496. The number of rotatable bonds is 7. The van der Waals surface area contributed by atoms with Crippen LogP contribution in [0.4, 0.5) is 15.8 Å². The molecule has 3 aromatic rings. The fourth-order valence-electron chi connectivity index (χ4n) is 3.68. The maximum absolute atomic E-state index is 13.4. The van der Waals surface area contributed by atoms with Gasteiger partial charge < -0.3 is 15.5 Å². The normalized spacial score (nSPS) is 14.0. The fourth-order valence-corrected chi connectivity index (χ4v) is 4.76. The summed E-state index contributed by atoms with van der Waals surface area (Å²) in [6.45, 7) is 3.14. The molecule has 1 amide bonds. The largest absolute Gasteiger partial charge is 0.367 e. The first-order chi connectivity index (χ1) is 15.9. The van der Waals surface area contributed by atoms with E-state index in [1.165, 1.54) is 24.3 Å². The van der Waals surface area contributed by atoms with Gasteiger partial charge in [0, 0.05) is 38.3 Å². The van der Waals surface area contributed by atoms with Gasteiger partial charge in [0.15, 0.2) is 0 Å². The number of nitrogens with one attached hydrogen (secondary N) is 3. The summed E-state index contributed by atoms with van der Waals surface area (Å²) >= 11 is 0. The van der Waals surface area contributed by atoms with Crippen molar-refractivity contribution >= 4 is 27.3 Å². The van der Waals surface area contributed by atoms with Crippen LogP contribution in [0.5, 0.6) is 0 Å². The van der Waals surface area contributed by atoms with Gasteiger partial charge in [-0.2, -0.15) is 0 Å².